The first-order valence-electron chi connectivity index (χ1n) is 9.63. The molecule has 1 N–H and O–H groups in total. The van der Waals surface area contributed by atoms with Gasteiger partial charge in [-0.1, -0.05) is 13.0 Å². The standard InChI is InChI=1S/C22H25N3O2/c1-3-16-8-9-19-18(13-16)15(2)12-21(24-19)23-17-6-4-10-25(14-17)22(26)20-7-5-11-27-20/h5,7-9,11-13,17H,3-4,6,10,14H2,1-2H3,(H,23,24). The van der Waals surface area contributed by atoms with E-state index >= 15 is 0 Å². The second-order valence-electron chi connectivity index (χ2n) is 7.24. The number of aryl methyl sites for hydroxylation is 2. The number of nitrogens with zero attached hydrogens (tertiary/aromatic N) is 2. The van der Waals surface area contributed by atoms with Gasteiger partial charge in [-0.25, -0.2) is 4.98 Å². The Labute approximate surface area is 159 Å². The van der Waals surface area contributed by atoms with Crippen molar-refractivity contribution in [2.24, 2.45) is 0 Å². The summed E-state index contributed by atoms with van der Waals surface area (Å²) in [4.78, 5) is 19.2. The molecule has 0 radical (unpaired) electrons. The van der Waals surface area contributed by atoms with Gasteiger partial charge in [-0.2, -0.15) is 0 Å². The van der Waals surface area contributed by atoms with Crippen LogP contribution in [0.25, 0.3) is 10.9 Å². The van der Waals surface area contributed by atoms with E-state index in [9.17, 15) is 4.79 Å². The first-order valence-corrected chi connectivity index (χ1v) is 9.63. The van der Waals surface area contributed by atoms with Crippen molar-refractivity contribution in [3.05, 3.63) is 59.5 Å². The lowest BCUT2D eigenvalue weighted by atomic mass is 10.0. The number of carbonyl (C=O) groups is 1. The zero-order valence-corrected chi connectivity index (χ0v) is 15.9. The van der Waals surface area contributed by atoms with Gasteiger partial charge in [0.15, 0.2) is 5.76 Å². The largest absolute Gasteiger partial charge is 0.459 e. The van der Waals surface area contributed by atoms with Crippen molar-refractivity contribution in [1.82, 2.24) is 9.88 Å². The molecule has 5 nitrogen and oxygen atoms in total. The van der Waals surface area contributed by atoms with Crippen LogP contribution >= 0.6 is 0 Å². The molecule has 0 aliphatic carbocycles. The van der Waals surface area contributed by atoms with Crippen molar-refractivity contribution in [3.8, 4) is 0 Å². The number of anilines is 1. The normalized spacial score (nSPS) is 17.3. The average Bonchev–Trinajstić information content (AvgIpc) is 3.22. The summed E-state index contributed by atoms with van der Waals surface area (Å²) in [7, 11) is 0. The molecule has 0 bridgehead atoms. The van der Waals surface area contributed by atoms with Gasteiger partial charge in [0, 0.05) is 24.5 Å². The number of carbonyl (C=O) groups excluding carboxylic acids is 1. The van der Waals surface area contributed by atoms with Crippen LogP contribution in [0.15, 0.2) is 47.1 Å². The SMILES string of the molecule is CCc1ccc2nc(NC3CCCN(C(=O)c4ccco4)C3)cc(C)c2c1. The van der Waals surface area contributed by atoms with Gasteiger partial charge in [-0.05, 0) is 67.6 Å². The van der Waals surface area contributed by atoms with Crippen molar-refractivity contribution < 1.29 is 9.21 Å². The van der Waals surface area contributed by atoms with Crippen molar-refractivity contribution in [2.75, 3.05) is 18.4 Å². The Balaban J connectivity index is 1.50. The van der Waals surface area contributed by atoms with Crippen LogP contribution in [-0.2, 0) is 6.42 Å². The second kappa shape index (κ2) is 7.43. The van der Waals surface area contributed by atoms with Crippen molar-refractivity contribution in [2.45, 2.75) is 39.2 Å². The van der Waals surface area contributed by atoms with Crippen molar-refractivity contribution in [1.29, 1.82) is 0 Å². The van der Waals surface area contributed by atoms with Gasteiger partial charge in [0.25, 0.3) is 5.91 Å². The third kappa shape index (κ3) is 3.68. The Morgan fingerprint density at radius 1 is 1.33 bits per heavy atom. The van der Waals surface area contributed by atoms with Crippen LogP contribution in [0.5, 0.6) is 0 Å². The minimum atomic E-state index is -0.0405. The lowest BCUT2D eigenvalue weighted by Crippen LogP contribution is -2.45. The number of aromatic nitrogens is 1. The van der Waals surface area contributed by atoms with Crippen LogP contribution in [0.4, 0.5) is 5.82 Å². The third-order valence-electron chi connectivity index (χ3n) is 5.28. The Kier molecular flexibility index (Phi) is 4.84. The molecule has 3 aromatic rings. The van der Waals surface area contributed by atoms with Crippen LogP contribution in [0.3, 0.4) is 0 Å². The minimum absolute atomic E-state index is 0.0405. The highest BCUT2D eigenvalue weighted by atomic mass is 16.3. The second-order valence-corrected chi connectivity index (χ2v) is 7.24. The van der Waals surface area contributed by atoms with Crippen molar-refractivity contribution >= 4 is 22.6 Å². The highest BCUT2D eigenvalue weighted by molar-refractivity contribution is 5.91. The molecule has 4 rings (SSSR count). The average molecular weight is 363 g/mol. The van der Waals surface area contributed by atoms with Gasteiger partial charge in [0.1, 0.15) is 5.82 Å². The molecule has 1 unspecified atom stereocenters. The molecule has 0 saturated carbocycles. The number of hydrogen-bond acceptors (Lipinski definition) is 4. The summed E-state index contributed by atoms with van der Waals surface area (Å²) in [6.45, 7) is 5.72. The summed E-state index contributed by atoms with van der Waals surface area (Å²) in [5.74, 6) is 1.24. The fourth-order valence-corrected chi connectivity index (χ4v) is 3.78. The molecule has 2 aromatic heterocycles. The summed E-state index contributed by atoms with van der Waals surface area (Å²) in [5, 5.41) is 4.74. The molecule has 5 heteroatoms. The highest BCUT2D eigenvalue weighted by Crippen LogP contribution is 2.24. The van der Waals surface area contributed by atoms with E-state index in [1.807, 2.05) is 4.90 Å². The molecule has 1 amide bonds. The number of hydrogen-bond donors (Lipinski definition) is 1. The fourth-order valence-electron chi connectivity index (χ4n) is 3.78. The minimum Gasteiger partial charge on any atom is -0.459 e. The Bertz CT molecular complexity index is 950. The quantitative estimate of drug-likeness (QED) is 0.746. The van der Waals surface area contributed by atoms with Gasteiger partial charge in [-0.3, -0.25) is 4.79 Å². The van der Waals surface area contributed by atoms with E-state index in [0.29, 0.717) is 12.3 Å². The summed E-state index contributed by atoms with van der Waals surface area (Å²) in [6, 6.07) is 12.2. The van der Waals surface area contributed by atoms with Gasteiger partial charge in [0.05, 0.1) is 11.8 Å². The topological polar surface area (TPSA) is 58.4 Å². The molecule has 140 valence electrons. The van der Waals surface area contributed by atoms with Gasteiger partial charge in [-0.15, -0.1) is 0 Å². The molecule has 1 aromatic carbocycles. The van der Waals surface area contributed by atoms with E-state index in [-0.39, 0.29) is 11.9 Å². The molecular weight excluding hydrogens is 338 g/mol. The number of rotatable bonds is 4. The molecular formula is C22H25N3O2. The summed E-state index contributed by atoms with van der Waals surface area (Å²) < 4.78 is 5.26. The van der Waals surface area contributed by atoms with Crippen LogP contribution in [-0.4, -0.2) is 34.9 Å². The van der Waals surface area contributed by atoms with Crippen LogP contribution in [0.2, 0.25) is 0 Å². The van der Waals surface area contributed by atoms with E-state index in [1.54, 1.807) is 18.4 Å². The maximum absolute atomic E-state index is 12.5. The first kappa shape index (κ1) is 17.6. The fraction of sp³-hybridized carbons (Fsp3) is 0.364. The van der Waals surface area contributed by atoms with Gasteiger partial charge < -0.3 is 14.6 Å². The number of likely N-dealkylation sites (tertiary alicyclic amines) is 1. The van der Waals surface area contributed by atoms with E-state index in [1.165, 1.54) is 16.5 Å². The van der Waals surface area contributed by atoms with E-state index in [2.05, 4.69) is 43.4 Å². The number of piperidine rings is 1. The first-order chi connectivity index (χ1) is 13.1. The molecule has 1 fully saturated rings. The predicted octanol–water partition coefficient (Wildman–Crippen LogP) is 4.42. The number of nitrogens with one attached hydrogen (secondary N) is 1. The number of benzene rings is 1. The molecule has 1 aliphatic rings. The monoisotopic (exact) mass is 363 g/mol. The van der Waals surface area contributed by atoms with Gasteiger partial charge in [0.2, 0.25) is 0 Å². The molecule has 0 spiro atoms. The Hall–Kier alpha value is -2.82. The molecule has 27 heavy (non-hydrogen) atoms. The molecule has 1 saturated heterocycles. The highest BCUT2D eigenvalue weighted by Gasteiger charge is 2.26. The third-order valence-corrected chi connectivity index (χ3v) is 5.28. The van der Waals surface area contributed by atoms with E-state index in [4.69, 9.17) is 9.40 Å². The molecule has 1 aliphatic heterocycles. The summed E-state index contributed by atoms with van der Waals surface area (Å²) >= 11 is 0. The maximum Gasteiger partial charge on any atom is 0.289 e. The summed E-state index contributed by atoms with van der Waals surface area (Å²) in [6.07, 6.45) is 4.56. The number of pyridine rings is 1. The van der Waals surface area contributed by atoms with Crippen LogP contribution in [0, 0.1) is 6.92 Å². The number of fused-ring (bicyclic) bond motifs is 1. The van der Waals surface area contributed by atoms with E-state index in [0.717, 1.165) is 37.1 Å². The lowest BCUT2D eigenvalue weighted by molar-refractivity contribution is 0.0682. The van der Waals surface area contributed by atoms with Crippen LogP contribution in [0.1, 0.15) is 41.4 Å². The zero-order chi connectivity index (χ0) is 18.8. The lowest BCUT2D eigenvalue weighted by Gasteiger charge is -2.33. The van der Waals surface area contributed by atoms with Crippen molar-refractivity contribution in [3.63, 3.8) is 0 Å². The summed E-state index contributed by atoms with van der Waals surface area (Å²) in [5.41, 5.74) is 3.55. The van der Waals surface area contributed by atoms with Gasteiger partial charge >= 0.3 is 0 Å². The predicted molar refractivity (Wildman–Crippen MR) is 107 cm³/mol. The molecule has 3 heterocycles. The molecule has 1 atom stereocenters. The zero-order valence-electron chi connectivity index (χ0n) is 15.9. The maximum atomic E-state index is 12.5. The Morgan fingerprint density at radius 3 is 3.00 bits per heavy atom. The smallest absolute Gasteiger partial charge is 0.289 e. The number of furan rings is 1. The Morgan fingerprint density at radius 2 is 2.22 bits per heavy atom. The van der Waals surface area contributed by atoms with E-state index < -0.39 is 0 Å². The number of amides is 1. The van der Waals surface area contributed by atoms with Crippen LogP contribution < -0.4 is 5.32 Å².